The zero-order chi connectivity index (χ0) is 21.0. The second kappa shape index (κ2) is 8.69. The van der Waals surface area contributed by atoms with Crippen molar-refractivity contribution in [2.24, 2.45) is 15.4 Å². The number of aromatic nitrogens is 2. The Morgan fingerprint density at radius 1 is 1.03 bits per heavy atom. The summed E-state index contributed by atoms with van der Waals surface area (Å²) in [4.78, 5) is 11.0. The average Bonchev–Trinajstić information content (AvgIpc) is 3.16. The lowest BCUT2D eigenvalue weighted by atomic mass is 10.0. The van der Waals surface area contributed by atoms with Gasteiger partial charge in [-0.3, -0.25) is 0 Å². The van der Waals surface area contributed by atoms with Crippen LogP contribution in [0.4, 0.5) is 11.6 Å². The number of nitrogens with zero attached hydrogens (tertiary/aromatic N) is 6. The summed E-state index contributed by atoms with van der Waals surface area (Å²) in [5.74, 6) is 0.633. The van der Waals surface area contributed by atoms with Crippen LogP contribution < -0.4 is 4.90 Å². The van der Waals surface area contributed by atoms with Gasteiger partial charge in [-0.15, -0.1) is 10.2 Å². The van der Waals surface area contributed by atoms with Gasteiger partial charge in [0.15, 0.2) is 0 Å². The maximum atomic E-state index is 6.08. The van der Waals surface area contributed by atoms with Gasteiger partial charge in [0.1, 0.15) is 5.71 Å². The largest absolute Gasteiger partial charge is 0.347 e. The minimum absolute atomic E-state index is 0.410. The molecule has 7 nitrogen and oxygen atoms in total. The molecule has 30 heavy (non-hydrogen) atoms. The van der Waals surface area contributed by atoms with Crippen LogP contribution in [0.3, 0.4) is 0 Å². The molecule has 2 heterocycles. The number of rotatable bonds is 7. The number of hydrogen-bond donors (Lipinski definition) is 0. The Morgan fingerprint density at radius 3 is 2.57 bits per heavy atom. The fraction of sp³-hybridized carbons (Fsp3) is 0.227. The van der Waals surface area contributed by atoms with E-state index in [0.29, 0.717) is 29.7 Å². The van der Waals surface area contributed by atoms with Crippen LogP contribution in [0.25, 0.3) is 0 Å². The monoisotopic (exact) mass is 420 g/mol. The van der Waals surface area contributed by atoms with Crippen molar-refractivity contribution in [1.82, 2.24) is 9.97 Å². The van der Waals surface area contributed by atoms with Crippen LogP contribution in [0, 0.1) is 0 Å². The maximum absolute atomic E-state index is 6.08. The predicted octanol–water partition coefficient (Wildman–Crippen LogP) is 5.04. The molecule has 0 aliphatic carbocycles. The Kier molecular flexibility index (Phi) is 5.83. The summed E-state index contributed by atoms with van der Waals surface area (Å²) in [6.45, 7) is 2.26. The van der Waals surface area contributed by atoms with Crippen molar-refractivity contribution in [2.45, 2.75) is 19.1 Å². The van der Waals surface area contributed by atoms with Gasteiger partial charge >= 0.3 is 0 Å². The van der Waals surface area contributed by atoms with Gasteiger partial charge in [0, 0.05) is 41.6 Å². The molecule has 0 amide bonds. The smallest absolute Gasteiger partial charge is 0.229 e. The molecule has 4 rings (SSSR count). The third kappa shape index (κ3) is 4.37. The summed E-state index contributed by atoms with van der Waals surface area (Å²) in [7, 11) is 1.94. The van der Waals surface area contributed by atoms with E-state index in [9.17, 15) is 0 Å². The van der Waals surface area contributed by atoms with Gasteiger partial charge in [-0.1, -0.05) is 41.9 Å². The van der Waals surface area contributed by atoms with Crippen molar-refractivity contribution in [1.29, 1.82) is 0 Å². The van der Waals surface area contributed by atoms with Crippen LogP contribution in [-0.4, -0.2) is 35.1 Å². The number of halogens is 1. The molecule has 3 aromatic rings. The van der Waals surface area contributed by atoms with Gasteiger partial charge in [-0.05, 0) is 42.5 Å². The van der Waals surface area contributed by atoms with Crippen LogP contribution in [0.1, 0.15) is 18.2 Å². The number of hydrogen-bond acceptors (Lipinski definition) is 7. The van der Waals surface area contributed by atoms with Crippen LogP contribution >= 0.6 is 11.6 Å². The molecule has 1 aromatic heterocycles. The van der Waals surface area contributed by atoms with Gasteiger partial charge in [0.2, 0.25) is 11.7 Å². The molecule has 1 atom stereocenters. The third-order valence-electron chi connectivity index (χ3n) is 4.82. The minimum atomic E-state index is -0.940. The summed E-state index contributed by atoms with van der Waals surface area (Å²) in [6.07, 6.45) is 2.37. The highest BCUT2D eigenvalue weighted by Gasteiger charge is 2.36. The van der Waals surface area contributed by atoms with Crippen molar-refractivity contribution in [3.8, 4) is 0 Å². The highest BCUT2D eigenvalue weighted by molar-refractivity contribution is 6.30. The Hall–Kier alpha value is -3.16. The summed E-state index contributed by atoms with van der Waals surface area (Å²) in [5, 5.41) is 12.8. The zero-order valence-electron chi connectivity index (χ0n) is 16.7. The summed E-state index contributed by atoms with van der Waals surface area (Å²) < 4.78 is 6.08. The first kappa shape index (κ1) is 20.1. The molecule has 1 unspecified atom stereocenters. The van der Waals surface area contributed by atoms with Gasteiger partial charge in [-0.25, -0.2) is 9.97 Å². The molecule has 0 fully saturated rings. The van der Waals surface area contributed by atoms with E-state index in [1.165, 1.54) is 0 Å². The van der Waals surface area contributed by atoms with Gasteiger partial charge in [0.25, 0.3) is 0 Å². The van der Waals surface area contributed by atoms with Crippen molar-refractivity contribution < 1.29 is 4.74 Å². The van der Waals surface area contributed by atoms with Gasteiger partial charge in [-0.2, -0.15) is 0 Å². The topological polar surface area (TPSA) is 75.3 Å². The molecular formula is C22H21ClN6O. The molecule has 0 N–H and O–H groups in total. The van der Waals surface area contributed by atoms with Crippen LogP contribution in [-0.2, 0) is 11.2 Å². The quantitative estimate of drug-likeness (QED) is 0.536. The van der Waals surface area contributed by atoms with E-state index >= 15 is 0 Å². The Morgan fingerprint density at radius 2 is 1.80 bits per heavy atom. The lowest BCUT2D eigenvalue weighted by molar-refractivity contribution is 0.0283. The van der Waals surface area contributed by atoms with E-state index in [-0.39, 0.29) is 0 Å². The van der Waals surface area contributed by atoms with E-state index in [1.54, 1.807) is 6.20 Å². The Bertz CT molecular complexity index is 1070. The number of ether oxygens (including phenoxy) is 1. The molecular weight excluding hydrogens is 400 g/mol. The molecule has 1 aliphatic rings. The zero-order valence-corrected chi connectivity index (χ0v) is 17.5. The van der Waals surface area contributed by atoms with Crippen LogP contribution in [0.5, 0.6) is 0 Å². The molecule has 0 spiro atoms. The van der Waals surface area contributed by atoms with E-state index in [1.807, 2.05) is 79.5 Å². The van der Waals surface area contributed by atoms with Gasteiger partial charge in [0.05, 0.1) is 6.61 Å². The summed E-state index contributed by atoms with van der Waals surface area (Å²) >= 11 is 5.98. The predicted molar refractivity (Wildman–Crippen MR) is 117 cm³/mol. The van der Waals surface area contributed by atoms with Crippen molar-refractivity contribution in [2.75, 3.05) is 18.6 Å². The van der Waals surface area contributed by atoms with Crippen LogP contribution in [0.2, 0.25) is 5.02 Å². The summed E-state index contributed by atoms with van der Waals surface area (Å²) in [5.41, 5.74) is 2.50. The fourth-order valence-corrected chi connectivity index (χ4v) is 3.26. The SMILES string of the molecule is CN(c1ccccc1)c1nccc(CCOC2(C)N=NN=C2c2ccc(Cl)cc2)n1. The lowest BCUT2D eigenvalue weighted by Gasteiger charge is -2.22. The minimum Gasteiger partial charge on any atom is -0.347 e. The first-order chi connectivity index (χ1) is 14.5. The molecule has 152 valence electrons. The first-order valence-electron chi connectivity index (χ1n) is 9.56. The van der Waals surface area contributed by atoms with E-state index in [0.717, 1.165) is 16.9 Å². The van der Waals surface area contributed by atoms with Crippen molar-refractivity contribution >= 4 is 28.9 Å². The molecule has 0 bridgehead atoms. The second-order valence-electron chi connectivity index (χ2n) is 6.97. The second-order valence-corrected chi connectivity index (χ2v) is 7.41. The number of para-hydroxylation sites is 1. The fourth-order valence-electron chi connectivity index (χ4n) is 3.13. The maximum Gasteiger partial charge on any atom is 0.229 e. The number of benzene rings is 2. The standard InChI is InChI=1S/C22H21ClN6O/c1-22(20(26-28-27-22)16-8-10-17(23)11-9-16)30-15-13-18-12-14-24-21(25-18)29(2)19-6-4-3-5-7-19/h3-12,14H,13,15H2,1-2H3. The first-order valence-corrected chi connectivity index (χ1v) is 9.94. The molecule has 0 saturated heterocycles. The van der Waals surface area contributed by atoms with Gasteiger partial charge < -0.3 is 9.64 Å². The highest BCUT2D eigenvalue weighted by atomic mass is 35.5. The summed E-state index contributed by atoms with van der Waals surface area (Å²) in [6, 6.07) is 19.3. The molecule has 8 heteroatoms. The van der Waals surface area contributed by atoms with Crippen molar-refractivity contribution in [3.05, 3.63) is 83.1 Å². The molecule has 1 aliphatic heterocycles. The highest BCUT2D eigenvalue weighted by Crippen LogP contribution is 2.27. The normalized spacial score (nSPS) is 17.8. The third-order valence-corrected chi connectivity index (χ3v) is 5.07. The molecule has 0 saturated carbocycles. The Balaban J connectivity index is 1.41. The van der Waals surface area contributed by atoms with E-state index in [2.05, 4.69) is 25.4 Å². The van der Waals surface area contributed by atoms with E-state index < -0.39 is 5.72 Å². The van der Waals surface area contributed by atoms with E-state index in [4.69, 9.17) is 16.3 Å². The number of anilines is 2. The lowest BCUT2D eigenvalue weighted by Crippen LogP contribution is -2.35. The molecule has 2 aromatic carbocycles. The Labute approximate surface area is 180 Å². The van der Waals surface area contributed by atoms with Crippen molar-refractivity contribution in [3.63, 3.8) is 0 Å². The average molecular weight is 421 g/mol. The molecule has 0 radical (unpaired) electrons. The van der Waals surface area contributed by atoms with Crippen LogP contribution in [0.15, 0.2) is 82.3 Å².